The molecule has 4 rings (SSSR count). The first-order valence-corrected chi connectivity index (χ1v) is 13.8. The Morgan fingerprint density at radius 2 is 1.74 bits per heavy atom. The Labute approximate surface area is 209 Å². The molecule has 0 fully saturated rings. The maximum atomic E-state index is 13.2. The molecule has 0 saturated heterocycles. The fourth-order valence-corrected chi connectivity index (χ4v) is 6.44. The Morgan fingerprint density at radius 3 is 2.46 bits per heavy atom. The van der Waals surface area contributed by atoms with Crippen LogP contribution in [0.3, 0.4) is 0 Å². The molecule has 1 aliphatic rings. The highest BCUT2D eigenvalue weighted by Crippen LogP contribution is 2.39. The molecule has 0 aliphatic heterocycles. The highest BCUT2D eigenvalue weighted by molar-refractivity contribution is 7.92. The van der Waals surface area contributed by atoms with E-state index in [1.807, 2.05) is 6.92 Å². The Hall–Kier alpha value is -3.17. The molecule has 7 nitrogen and oxygen atoms in total. The molecule has 9 heteroatoms. The van der Waals surface area contributed by atoms with Crippen LogP contribution in [0.15, 0.2) is 47.4 Å². The average molecular weight is 513 g/mol. The van der Waals surface area contributed by atoms with Crippen LogP contribution in [0.5, 0.6) is 0 Å². The van der Waals surface area contributed by atoms with E-state index in [0.717, 1.165) is 41.7 Å². The van der Waals surface area contributed by atoms with Crippen LogP contribution in [0, 0.1) is 13.8 Å². The van der Waals surface area contributed by atoms with Gasteiger partial charge in [-0.2, -0.15) is 0 Å². The molecular formula is C26H28N2O5S2. The van der Waals surface area contributed by atoms with Crippen molar-refractivity contribution in [1.29, 1.82) is 0 Å². The molecule has 0 radical (unpaired) electrons. The summed E-state index contributed by atoms with van der Waals surface area (Å²) in [5.41, 5.74) is 3.62. The second-order valence-electron chi connectivity index (χ2n) is 8.54. The summed E-state index contributed by atoms with van der Waals surface area (Å²) < 4.78 is 33.6. The molecule has 1 heterocycles. The molecule has 3 aromatic rings. The van der Waals surface area contributed by atoms with Crippen molar-refractivity contribution in [2.45, 2.75) is 51.3 Å². The number of fused-ring (bicyclic) bond motifs is 1. The molecule has 0 bridgehead atoms. The number of hydrogen-bond acceptors (Lipinski definition) is 6. The minimum Gasteiger partial charge on any atom is -0.462 e. The lowest BCUT2D eigenvalue weighted by atomic mass is 9.95. The van der Waals surface area contributed by atoms with Crippen molar-refractivity contribution in [1.82, 2.24) is 0 Å². The number of hydrogen-bond donors (Lipinski definition) is 2. The minimum atomic E-state index is -3.82. The van der Waals surface area contributed by atoms with E-state index >= 15 is 0 Å². The summed E-state index contributed by atoms with van der Waals surface area (Å²) in [5, 5.41) is 3.35. The Morgan fingerprint density at radius 1 is 1.03 bits per heavy atom. The van der Waals surface area contributed by atoms with E-state index in [0.29, 0.717) is 21.8 Å². The lowest BCUT2D eigenvalue weighted by Gasteiger charge is -2.13. The van der Waals surface area contributed by atoms with Crippen LogP contribution in [0.25, 0.3) is 0 Å². The van der Waals surface area contributed by atoms with Crippen LogP contribution >= 0.6 is 11.3 Å². The molecule has 2 aromatic carbocycles. The number of aryl methyl sites for hydroxylation is 3. The van der Waals surface area contributed by atoms with Crippen LogP contribution < -0.4 is 10.0 Å². The van der Waals surface area contributed by atoms with E-state index in [2.05, 4.69) is 10.0 Å². The second-order valence-corrected chi connectivity index (χ2v) is 11.3. The normalized spacial score (nSPS) is 13.1. The summed E-state index contributed by atoms with van der Waals surface area (Å²) in [5.74, 6) is -0.859. The number of nitrogens with one attached hydrogen (secondary N) is 2. The fraction of sp³-hybridized carbons (Fsp3) is 0.308. The quantitative estimate of drug-likeness (QED) is 0.409. The van der Waals surface area contributed by atoms with Crippen LogP contribution in [0.2, 0.25) is 0 Å². The van der Waals surface area contributed by atoms with Crippen molar-refractivity contribution in [3.05, 3.63) is 75.2 Å². The summed E-state index contributed by atoms with van der Waals surface area (Å²) in [6.07, 6.45) is 3.70. The summed E-state index contributed by atoms with van der Waals surface area (Å²) in [4.78, 5) is 27.1. The fourth-order valence-electron chi connectivity index (χ4n) is 4.04. The van der Waals surface area contributed by atoms with Gasteiger partial charge in [0.05, 0.1) is 22.8 Å². The number of carbonyl (C=O) groups is 2. The van der Waals surface area contributed by atoms with Gasteiger partial charge >= 0.3 is 5.97 Å². The van der Waals surface area contributed by atoms with Gasteiger partial charge in [-0.1, -0.05) is 23.8 Å². The van der Waals surface area contributed by atoms with Crippen molar-refractivity contribution in [3.63, 3.8) is 0 Å². The summed E-state index contributed by atoms with van der Waals surface area (Å²) in [6.45, 7) is 5.65. The number of amides is 1. The number of thiophene rings is 1. The Kier molecular flexibility index (Phi) is 7.28. The highest BCUT2D eigenvalue weighted by Gasteiger charge is 2.27. The molecule has 184 valence electrons. The SMILES string of the molecule is CCOC(=O)c1c(NC(=O)c2ccc(C)c(NS(=O)(=O)c3ccc(C)cc3)c2)sc2c1CCCC2. The van der Waals surface area contributed by atoms with Crippen molar-refractivity contribution in [3.8, 4) is 0 Å². The first-order valence-electron chi connectivity index (χ1n) is 11.5. The molecular weight excluding hydrogens is 484 g/mol. The van der Waals surface area contributed by atoms with Gasteiger partial charge in [-0.3, -0.25) is 9.52 Å². The third-order valence-electron chi connectivity index (χ3n) is 5.95. The molecule has 0 saturated carbocycles. The van der Waals surface area contributed by atoms with Crippen LogP contribution in [-0.2, 0) is 27.6 Å². The predicted octanol–water partition coefficient (Wildman–Crippen LogP) is 5.47. The van der Waals surface area contributed by atoms with Gasteiger partial charge in [0.2, 0.25) is 0 Å². The van der Waals surface area contributed by atoms with Crippen molar-refractivity contribution < 1.29 is 22.7 Å². The Balaban J connectivity index is 1.61. The molecule has 1 aliphatic carbocycles. The van der Waals surface area contributed by atoms with E-state index < -0.39 is 21.9 Å². The van der Waals surface area contributed by atoms with Gasteiger partial charge in [-0.15, -0.1) is 11.3 Å². The van der Waals surface area contributed by atoms with E-state index in [-0.39, 0.29) is 17.1 Å². The van der Waals surface area contributed by atoms with E-state index in [1.54, 1.807) is 50.2 Å². The first-order chi connectivity index (χ1) is 16.7. The summed E-state index contributed by atoms with van der Waals surface area (Å²) in [7, 11) is -3.82. The molecule has 1 amide bonds. The molecule has 0 spiro atoms. The molecule has 35 heavy (non-hydrogen) atoms. The lowest BCUT2D eigenvalue weighted by Crippen LogP contribution is -2.17. The number of anilines is 2. The van der Waals surface area contributed by atoms with Gasteiger partial charge < -0.3 is 10.1 Å². The zero-order valence-corrected chi connectivity index (χ0v) is 21.6. The molecule has 0 unspecified atom stereocenters. The topological polar surface area (TPSA) is 102 Å². The van der Waals surface area contributed by atoms with Crippen LogP contribution in [-0.4, -0.2) is 26.9 Å². The maximum absolute atomic E-state index is 13.2. The van der Waals surface area contributed by atoms with Crippen molar-refractivity contribution in [2.24, 2.45) is 0 Å². The molecule has 0 atom stereocenters. The van der Waals surface area contributed by atoms with Crippen molar-refractivity contribution in [2.75, 3.05) is 16.6 Å². The van der Waals surface area contributed by atoms with E-state index in [1.165, 1.54) is 17.4 Å². The number of carbonyl (C=O) groups excluding carboxylic acids is 2. The van der Waals surface area contributed by atoms with Crippen molar-refractivity contribution >= 4 is 43.9 Å². The monoisotopic (exact) mass is 512 g/mol. The Bertz CT molecular complexity index is 1380. The predicted molar refractivity (Wildman–Crippen MR) is 138 cm³/mol. The number of ether oxygens (including phenoxy) is 1. The minimum absolute atomic E-state index is 0.139. The number of rotatable bonds is 7. The lowest BCUT2D eigenvalue weighted by molar-refractivity contribution is 0.0526. The average Bonchev–Trinajstić information content (AvgIpc) is 3.18. The number of sulfonamides is 1. The maximum Gasteiger partial charge on any atom is 0.341 e. The summed E-state index contributed by atoms with van der Waals surface area (Å²) in [6, 6.07) is 11.4. The largest absolute Gasteiger partial charge is 0.462 e. The zero-order chi connectivity index (χ0) is 25.2. The first kappa shape index (κ1) is 24.9. The van der Waals surface area contributed by atoms with E-state index in [9.17, 15) is 18.0 Å². The van der Waals surface area contributed by atoms with Gasteiger partial charge in [0.15, 0.2) is 0 Å². The van der Waals surface area contributed by atoms with Gasteiger partial charge in [0, 0.05) is 10.4 Å². The number of esters is 1. The highest BCUT2D eigenvalue weighted by atomic mass is 32.2. The van der Waals surface area contributed by atoms with Crippen LogP contribution in [0.4, 0.5) is 10.7 Å². The standard InChI is InChI=1S/C26H28N2O5S2/c1-4-33-26(30)23-20-7-5-6-8-22(20)34-25(23)27-24(29)18-12-11-17(3)21(15-18)28-35(31,32)19-13-9-16(2)10-14-19/h9-15,28H,4-8H2,1-3H3,(H,27,29). The third kappa shape index (κ3) is 5.41. The second kappa shape index (κ2) is 10.2. The van der Waals surface area contributed by atoms with E-state index in [4.69, 9.17) is 4.74 Å². The molecule has 2 N–H and O–H groups in total. The van der Waals surface area contributed by atoms with Gasteiger partial charge in [0.25, 0.3) is 15.9 Å². The molecule has 1 aromatic heterocycles. The number of benzene rings is 2. The third-order valence-corrected chi connectivity index (χ3v) is 8.54. The van der Waals surface area contributed by atoms with Crippen LogP contribution in [0.1, 0.15) is 62.0 Å². The van der Waals surface area contributed by atoms with Gasteiger partial charge in [0.1, 0.15) is 5.00 Å². The summed E-state index contributed by atoms with van der Waals surface area (Å²) >= 11 is 1.41. The zero-order valence-electron chi connectivity index (χ0n) is 19.9. The van der Waals surface area contributed by atoms with Gasteiger partial charge in [-0.25, -0.2) is 13.2 Å². The van der Waals surface area contributed by atoms with Gasteiger partial charge in [-0.05, 0) is 81.8 Å². The smallest absolute Gasteiger partial charge is 0.341 e.